The summed E-state index contributed by atoms with van der Waals surface area (Å²) in [5.41, 5.74) is -0.440. The molecule has 0 saturated carbocycles. The molecule has 0 radical (unpaired) electrons. The first-order valence-corrected chi connectivity index (χ1v) is 6.88. The van der Waals surface area contributed by atoms with Crippen LogP contribution in [-0.2, 0) is 6.18 Å². The van der Waals surface area contributed by atoms with Gasteiger partial charge < -0.3 is 5.32 Å². The maximum atomic E-state index is 12.6. The topological polar surface area (TPSA) is 91.8 Å². The lowest BCUT2D eigenvalue weighted by Gasteiger charge is -2.06. The normalized spacial score (nSPS) is 11.7. The smallest absolute Gasteiger partial charge is 0.383 e. The van der Waals surface area contributed by atoms with Gasteiger partial charge in [-0.1, -0.05) is 6.07 Å². The summed E-state index contributed by atoms with van der Waals surface area (Å²) in [5.74, 6) is 0. The van der Waals surface area contributed by atoms with Gasteiger partial charge in [0, 0.05) is 19.3 Å². The van der Waals surface area contributed by atoms with Crippen LogP contribution in [-0.4, -0.2) is 17.0 Å². The molecule has 1 aromatic carbocycles. The second-order valence-corrected chi connectivity index (χ2v) is 4.88. The van der Waals surface area contributed by atoms with Crippen LogP contribution in [0.15, 0.2) is 36.5 Å². The van der Waals surface area contributed by atoms with Gasteiger partial charge in [-0.15, -0.1) is 0 Å². The number of nitriles is 1. The van der Waals surface area contributed by atoms with Crippen molar-refractivity contribution in [1.29, 1.82) is 5.26 Å². The van der Waals surface area contributed by atoms with Gasteiger partial charge in [0.15, 0.2) is 0 Å². The van der Waals surface area contributed by atoms with Crippen molar-refractivity contribution in [1.82, 2.24) is 4.98 Å². The second kappa shape index (κ2) is 7.00. The molecule has 0 aliphatic carbocycles. The molecule has 0 aliphatic rings. The van der Waals surface area contributed by atoms with E-state index in [1.165, 1.54) is 25.3 Å². The first-order valence-electron chi connectivity index (χ1n) is 6.88. The molecule has 128 valence electrons. The highest BCUT2D eigenvalue weighted by atomic mass is 19.4. The summed E-state index contributed by atoms with van der Waals surface area (Å²) in [4.78, 5) is 14.1. The van der Waals surface area contributed by atoms with Gasteiger partial charge in [-0.2, -0.15) is 18.4 Å². The standard InChI is InChI=1S/C16H11F3N4O2/c1-21-14-4-2-10(7-15(14)23(24)25)6-11(8-20)13-5-3-12(9-22-13)16(17,18)19/h2-7,9,21H,1H3/b11-6-. The van der Waals surface area contributed by atoms with Gasteiger partial charge in [0.2, 0.25) is 0 Å². The van der Waals surface area contributed by atoms with Crippen LogP contribution in [0.3, 0.4) is 0 Å². The molecule has 25 heavy (non-hydrogen) atoms. The molecule has 0 aliphatic heterocycles. The Kier molecular flexibility index (Phi) is 5.02. The molecule has 0 fully saturated rings. The number of aromatic nitrogens is 1. The first kappa shape index (κ1) is 17.9. The SMILES string of the molecule is CNc1ccc(/C=C(/C#N)c2ccc(C(F)(F)F)cn2)cc1[N+](=O)[O-]. The number of alkyl halides is 3. The molecule has 2 rings (SSSR count). The molecule has 2 aromatic rings. The number of nitrogens with one attached hydrogen (secondary N) is 1. The Morgan fingerprint density at radius 3 is 2.56 bits per heavy atom. The van der Waals surface area contributed by atoms with E-state index in [4.69, 9.17) is 0 Å². The quantitative estimate of drug-likeness (QED) is 0.510. The van der Waals surface area contributed by atoms with Gasteiger partial charge >= 0.3 is 6.18 Å². The van der Waals surface area contributed by atoms with Crippen LogP contribution < -0.4 is 5.32 Å². The van der Waals surface area contributed by atoms with Crippen molar-refractivity contribution in [2.75, 3.05) is 12.4 Å². The highest BCUT2D eigenvalue weighted by molar-refractivity contribution is 5.89. The molecule has 9 heteroatoms. The van der Waals surface area contributed by atoms with Crippen LogP contribution in [0.1, 0.15) is 16.8 Å². The van der Waals surface area contributed by atoms with E-state index in [9.17, 15) is 28.5 Å². The molecular weight excluding hydrogens is 337 g/mol. The third kappa shape index (κ3) is 4.11. The van der Waals surface area contributed by atoms with E-state index in [0.717, 1.165) is 12.1 Å². The monoisotopic (exact) mass is 348 g/mol. The number of rotatable bonds is 4. The van der Waals surface area contributed by atoms with Crippen molar-refractivity contribution in [3.05, 3.63) is 63.5 Å². The van der Waals surface area contributed by atoms with Gasteiger partial charge in [0.25, 0.3) is 5.69 Å². The number of nitro groups is 1. The Morgan fingerprint density at radius 1 is 1.36 bits per heavy atom. The van der Waals surface area contributed by atoms with E-state index < -0.39 is 16.7 Å². The number of hydrogen-bond acceptors (Lipinski definition) is 5. The zero-order valence-electron chi connectivity index (χ0n) is 12.8. The fraction of sp³-hybridized carbons (Fsp3) is 0.125. The molecule has 1 aromatic heterocycles. The molecule has 0 saturated heterocycles. The molecule has 0 bridgehead atoms. The molecule has 0 spiro atoms. The molecule has 0 amide bonds. The maximum absolute atomic E-state index is 12.6. The zero-order valence-corrected chi connectivity index (χ0v) is 12.8. The summed E-state index contributed by atoms with van der Waals surface area (Å²) < 4.78 is 37.7. The zero-order chi connectivity index (χ0) is 18.6. The number of anilines is 1. The van der Waals surface area contributed by atoms with E-state index in [1.54, 1.807) is 6.07 Å². The Morgan fingerprint density at radius 2 is 2.08 bits per heavy atom. The number of hydrogen-bond donors (Lipinski definition) is 1. The summed E-state index contributed by atoms with van der Waals surface area (Å²) in [6.07, 6.45) is -2.57. The number of allylic oxidation sites excluding steroid dienone is 1. The number of nitro benzene ring substituents is 1. The Bertz CT molecular complexity index is 868. The lowest BCUT2D eigenvalue weighted by Crippen LogP contribution is -2.05. The number of nitrogens with zero attached hydrogens (tertiary/aromatic N) is 3. The van der Waals surface area contributed by atoms with Gasteiger partial charge in [-0.3, -0.25) is 15.1 Å². The highest BCUT2D eigenvalue weighted by Crippen LogP contribution is 2.30. The molecule has 1 heterocycles. The lowest BCUT2D eigenvalue weighted by molar-refractivity contribution is -0.383. The fourth-order valence-corrected chi connectivity index (χ4v) is 2.05. The van der Waals surface area contributed by atoms with Crippen LogP contribution in [0.25, 0.3) is 11.6 Å². The van der Waals surface area contributed by atoms with Gasteiger partial charge in [0.1, 0.15) is 11.8 Å². The minimum Gasteiger partial charge on any atom is -0.383 e. The van der Waals surface area contributed by atoms with Gasteiger partial charge in [-0.05, 0) is 29.8 Å². The molecule has 0 unspecified atom stereocenters. The minimum atomic E-state index is -4.52. The molecule has 1 N–H and O–H groups in total. The van der Waals surface area contributed by atoms with Gasteiger partial charge in [0.05, 0.1) is 21.8 Å². The molecule has 0 atom stereocenters. The average Bonchev–Trinajstić information content (AvgIpc) is 2.58. The minimum absolute atomic E-state index is 0.0137. The van der Waals surface area contributed by atoms with E-state index in [1.807, 2.05) is 6.07 Å². The summed E-state index contributed by atoms with van der Waals surface area (Å²) in [6, 6.07) is 8.00. The average molecular weight is 348 g/mol. The van der Waals surface area contributed by atoms with Crippen LogP contribution in [0, 0.1) is 21.4 Å². The first-order chi connectivity index (χ1) is 11.8. The fourth-order valence-electron chi connectivity index (χ4n) is 2.05. The summed E-state index contributed by atoms with van der Waals surface area (Å²) in [5, 5.41) is 23.0. The van der Waals surface area contributed by atoms with Crippen molar-refractivity contribution >= 4 is 23.0 Å². The summed E-state index contributed by atoms with van der Waals surface area (Å²) in [7, 11) is 1.53. The Labute approximate surface area is 140 Å². The van der Waals surface area contributed by atoms with E-state index >= 15 is 0 Å². The summed E-state index contributed by atoms with van der Waals surface area (Å²) in [6.45, 7) is 0. The third-order valence-electron chi connectivity index (χ3n) is 3.29. The lowest BCUT2D eigenvalue weighted by atomic mass is 10.1. The predicted molar refractivity (Wildman–Crippen MR) is 85.4 cm³/mol. The molecule has 6 nitrogen and oxygen atoms in total. The summed E-state index contributed by atoms with van der Waals surface area (Å²) >= 11 is 0. The van der Waals surface area contributed by atoms with Crippen LogP contribution in [0.5, 0.6) is 0 Å². The largest absolute Gasteiger partial charge is 0.417 e. The van der Waals surface area contributed by atoms with Crippen molar-refractivity contribution in [2.45, 2.75) is 6.18 Å². The van der Waals surface area contributed by atoms with E-state index in [2.05, 4.69) is 10.3 Å². The van der Waals surface area contributed by atoms with Crippen molar-refractivity contribution in [2.24, 2.45) is 0 Å². The molecular formula is C16H11F3N4O2. The van der Waals surface area contributed by atoms with E-state index in [-0.39, 0.29) is 17.0 Å². The number of halogens is 3. The van der Waals surface area contributed by atoms with Crippen molar-refractivity contribution < 1.29 is 18.1 Å². The van der Waals surface area contributed by atoms with Crippen LogP contribution in [0.4, 0.5) is 24.5 Å². The third-order valence-corrected chi connectivity index (χ3v) is 3.29. The van der Waals surface area contributed by atoms with Crippen LogP contribution >= 0.6 is 0 Å². The highest BCUT2D eigenvalue weighted by Gasteiger charge is 2.30. The Hall–Kier alpha value is -3.41. The Balaban J connectivity index is 2.43. The van der Waals surface area contributed by atoms with Gasteiger partial charge in [-0.25, -0.2) is 0 Å². The van der Waals surface area contributed by atoms with E-state index in [0.29, 0.717) is 17.4 Å². The second-order valence-electron chi connectivity index (χ2n) is 4.88. The van der Waals surface area contributed by atoms with Crippen molar-refractivity contribution in [3.8, 4) is 6.07 Å². The predicted octanol–water partition coefficient (Wildman–Crippen LogP) is 4.11. The number of pyridine rings is 1. The maximum Gasteiger partial charge on any atom is 0.417 e. The van der Waals surface area contributed by atoms with Crippen molar-refractivity contribution in [3.63, 3.8) is 0 Å². The van der Waals surface area contributed by atoms with Crippen LogP contribution in [0.2, 0.25) is 0 Å². The number of benzene rings is 1.